The predicted octanol–water partition coefficient (Wildman–Crippen LogP) is 1.13. The quantitative estimate of drug-likeness (QED) is 0.648. The van der Waals surface area contributed by atoms with Gasteiger partial charge in [-0.25, -0.2) is 4.79 Å². The Hall–Kier alpha value is -0.950. The Morgan fingerprint density at radius 1 is 1.36 bits per heavy atom. The summed E-state index contributed by atoms with van der Waals surface area (Å²) in [7, 11) is 0. The van der Waals surface area contributed by atoms with Crippen LogP contribution in [0.25, 0.3) is 0 Å². The molecule has 14 heavy (non-hydrogen) atoms. The van der Waals surface area contributed by atoms with Crippen LogP contribution in [-0.2, 0) is 0 Å². The van der Waals surface area contributed by atoms with Crippen LogP contribution < -0.4 is 5.73 Å². The van der Waals surface area contributed by atoms with Crippen molar-refractivity contribution in [3.63, 3.8) is 0 Å². The molecule has 0 amide bonds. The summed E-state index contributed by atoms with van der Waals surface area (Å²) in [6, 6.07) is 4.56. The average molecular weight is 305 g/mol. The van der Waals surface area contributed by atoms with Gasteiger partial charge in [-0.3, -0.25) is 4.79 Å². The summed E-state index contributed by atoms with van der Waals surface area (Å²) in [5.41, 5.74) is 5.70. The first-order valence-corrected chi connectivity index (χ1v) is 4.91. The predicted molar refractivity (Wildman–Crippen MR) is 59.5 cm³/mol. The van der Waals surface area contributed by atoms with Crippen LogP contribution in [0.2, 0.25) is 0 Å². The minimum atomic E-state index is -1.04. The number of nitrogens with two attached hydrogens (primary N) is 1. The topological polar surface area (TPSA) is 80.4 Å². The molecule has 0 aliphatic carbocycles. The highest BCUT2D eigenvalue weighted by atomic mass is 127. The van der Waals surface area contributed by atoms with Crippen molar-refractivity contribution in [1.29, 1.82) is 0 Å². The van der Waals surface area contributed by atoms with E-state index in [-0.39, 0.29) is 17.9 Å². The largest absolute Gasteiger partial charge is 0.478 e. The van der Waals surface area contributed by atoms with Crippen LogP contribution in [0.1, 0.15) is 20.7 Å². The maximum absolute atomic E-state index is 11.3. The number of hydrogen-bond acceptors (Lipinski definition) is 3. The minimum Gasteiger partial charge on any atom is -0.478 e. The zero-order valence-electron chi connectivity index (χ0n) is 7.16. The van der Waals surface area contributed by atoms with Gasteiger partial charge < -0.3 is 10.8 Å². The molecule has 0 spiro atoms. The fourth-order valence-corrected chi connectivity index (χ4v) is 1.91. The fourth-order valence-electron chi connectivity index (χ4n) is 1.02. The van der Waals surface area contributed by atoms with Gasteiger partial charge in [-0.05, 0) is 28.7 Å². The number of aromatic carboxylic acids is 1. The van der Waals surface area contributed by atoms with Gasteiger partial charge in [0.2, 0.25) is 0 Å². The van der Waals surface area contributed by atoms with E-state index in [4.69, 9.17) is 10.8 Å². The summed E-state index contributed by atoms with van der Waals surface area (Å²) in [5.74, 6) is -1.29. The second-order valence-electron chi connectivity index (χ2n) is 2.60. The van der Waals surface area contributed by atoms with Crippen molar-refractivity contribution >= 4 is 34.3 Å². The molecular formula is C9H8INO3. The summed E-state index contributed by atoms with van der Waals surface area (Å²) in [6.45, 7) is -0.112. The lowest BCUT2D eigenvalue weighted by molar-refractivity contribution is 0.0695. The molecule has 0 saturated heterocycles. The lowest BCUT2D eigenvalue weighted by Crippen LogP contribution is -2.16. The molecule has 0 heterocycles. The van der Waals surface area contributed by atoms with Crippen LogP contribution in [0.15, 0.2) is 18.2 Å². The van der Waals surface area contributed by atoms with Crippen molar-refractivity contribution in [3.05, 3.63) is 32.9 Å². The highest BCUT2D eigenvalue weighted by Crippen LogP contribution is 2.17. The average Bonchev–Trinajstić information content (AvgIpc) is 2.16. The Kier molecular flexibility index (Phi) is 3.59. The Labute approximate surface area is 94.2 Å². The van der Waals surface area contributed by atoms with Gasteiger partial charge in [-0.15, -0.1) is 0 Å². The van der Waals surface area contributed by atoms with Crippen molar-refractivity contribution in [2.75, 3.05) is 6.54 Å². The maximum Gasteiger partial charge on any atom is 0.336 e. The van der Waals surface area contributed by atoms with E-state index in [0.29, 0.717) is 9.13 Å². The number of hydrogen-bond donors (Lipinski definition) is 2. The first-order chi connectivity index (χ1) is 6.57. The van der Waals surface area contributed by atoms with E-state index in [2.05, 4.69) is 0 Å². The molecule has 0 radical (unpaired) electrons. The third-order valence-electron chi connectivity index (χ3n) is 1.71. The van der Waals surface area contributed by atoms with Gasteiger partial charge in [0.05, 0.1) is 12.1 Å². The number of rotatable bonds is 3. The Balaban J connectivity index is 3.27. The highest BCUT2D eigenvalue weighted by Gasteiger charge is 2.14. The first kappa shape index (κ1) is 11.1. The fraction of sp³-hybridized carbons (Fsp3) is 0.111. The third kappa shape index (κ3) is 2.10. The monoisotopic (exact) mass is 305 g/mol. The summed E-state index contributed by atoms with van der Waals surface area (Å²) >= 11 is 1.84. The van der Waals surface area contributed by atoms with Crippen LogP contribution in [0.3, 0.4) is 0 Å². The Morgan fingerprint density at radius 2 is 1.93 bits per heavy atom. The standard InChI is InChI=1S/C9H8INO3/c10-8-5(7(12)4-11)2-1-3-6(8)9(13)14/h1-3H,4,11H2,(H,13,14). The second-order valence-corrected chi connectivity index (χ2v) is 3.68. The van der Waals surface area contributed by atoms with Crippen LogP contribution in [0.4, 0.5) is 0 Å². The van der Waals surface area contributed by atoms with Crippen molar-refractivity contribution < 1.29 is 14.7 Å². The van der Waals surface area contributed by atoms with E-state index in [1.54, 1.807) is 6.07 Å². The number of carbonyl (C=O) groups excluding carboxylic acids is 1. The summed E-state index contributed by atoms with van der Waals surface area (Å²) < 4.78 is 0.438. The third-order valence-corrected chi connectivity index (χ3v) is 2.88. The van der Waals surface area contributed by atoms with Crippen LogP contribution in [-0.4, -0.2) is 23.4 Å². The number of Topliss-reactive ketones (excluding diaryl/α,β-unsaturated/α-hetero) is 1. The van der Waals surface area contributed by atoms with Gasteiger partial charge in [0, 0.05) is 9.13 Å². The molecule has 1 aromatic rings. The minimum absolute atomic E-state index is 0.112. The van der Waals surface area contributed by atoms with E-state index in [1.165, 1.54) is 12.1 Å². The molecule has 0 aromatic heterocycles. The van der Waals surface area contributed by atoms with Crippen LogP contribution in [0, 0.1) is 3.57 Å². The first-order valence-electron chi connectivity index (χ1n) is 3.83. The molecule has 0 unspecified atom stereocenters. The number of carboxylic acids is 1. The zero-order chi connectivity index (χ0) is 10.7. The second kappa shape index (κ2) is 4.52. The summed E-state index contributed by atoms with van der Waals surface area (Å²) in [4.78, 5) is 22.0. The SMILES string of the molecule is NCC(=O)c1cccc(C(=O)O)c1I. The summed E-state index contributed by atoms with van der Waals surface area (Å²) in [5, 5.41) is 8.80. The van der Waals surface area contributed by atoms with Crippen molar-refractivity contribution in [2.24, 2.45) is 5.73 Å². The molecule has 0 bridgehead atoms. The molecule has 1 aromatic carbocycles. The Bertz CT molecular complexity index is 390. The lowest BCUT2D eigenvalue weighted by atomic mass is 10.1. The summed E-state index contributed by atoms with van der Waals surface area (Å²) in [6.07, 6.45) is 0. The smallest absolute Gasteiger partial charge is 0.336 e. The van der Waals surface area contributed by atoms with Gasteiger partial charge >= 0.3 is 5.97 Å². The van der Waals surface area contributed by atoms with Gasteiger partial charge in [0.15, 0.2) is 5.78 Å². The molecule has 0 saturated carbocycles. The van der Waals surface area contributed by atoms with Gasteiger partial charge in [0.1, 0.15) is 0 Å². The van der Waals surface area contributed by atoms with E-state index >= 15 is 0 Å². The van der Waals surface area contributed by atoms with Gasteiger partial charge in [-0.1, -0.05) is 12.1 Å². The molecular weight excluding hydrogens is 297 g/mol. The number of halogens is 1. The van der Waals surface area contributed by atoms with E-state index in [0.717, 1.165) is 0 Å². The molecule has 3 N–H and O–H groups in total. The molecule has 0 aliphatic rings. The van der Waals surface area contributed by atoms with E-state index in [9.17, 15) is 9.59 Å². The molecule has 74 valence electrons. The molecule has 4 nitrogen and oxygen atoms in total. The number of carbonyl (C=O) groups is 2. The number of ketones is 1. The van der Waals surface area contributed by atoms with Gasteiger partial charge in [0.25, 0.3) is 0 Å². The normalized spacial score (nSPS) is 9.86. The molecule has 0 aliphatic heterocycles. The number of carboxylic acid groups (broad SMARTS) is 1. The lowest BCUT2D eigenvalue weighted by Gasteiger charge is -2.04. The van der Waals surface area contributed by atoms with E-state index < -0.39 is 5.97 Å². The van der Waals surface area contributed by atoms with Gasteiger partial charge in [-0.2, -0.15) is 0 Å². The van der Waals surface area contributed by atoms with Crippen LogP contribution in [0.5, 0.6) is 0 Å². The van der Waals surface area contributed by atoms with Crippen molar-refractivity contribution in [1.82, 2.24) is 0 Å². The molecule has 0 fully saturated rings. The van der Waals surface area contributed by atoms with E-state index in [1.807, 2.05) is 22.6 Å². The number of benzene rings is 1. The Morgan fingerprint density at radius 3 is 2.43 bits per heavy atom. The maximum atomic E-state index is 11.3. The molecule has 0 atom stereocenters. The van der Waals surface area contributed by atoms with Crippen LogP contribution >= 0.6 is 22.6 Å². The highest BCUT2D eigenvalue weighted by molar-refractivity contribution is 14.1. The zero-order valence-corrected chi connectivity index (χ0v) is 9.32. The molecule has 1 rings (SSSR count). The van der Waals surface area contributed by atoms with Crippen molar-refractivity contribution in [2.45, 2.75) is 0 Å². The van der Waals surface area contributed by atoms with Crippen molar-refractivity contribution in [3.8, 4) is 0 Å². The molecule has 5 heteroatoms.